The Morgan fingerprint density at radius 3 is 0.455 bits per heavy atom. The van der Waals surface area contributed by atoms with Crippen molar-refractivity contribution < 1.29 is 109 Å². The molecule has 0 heterocycles. The predicted molar refractivity (Wildman–Crippen MR) is 37.5 cm³/mol. The summed E-state index contributed by atoms with van der Waals surface area (Å²) < 4.78 is 0. The summed E-state index contributed by atoms with van der Waals surface area (Å²) in [6, 6.07) is 0. The zero-order valence-corrected chi connectivity index (χ0v) is 11.7. The van der Waals surface area contributed by atoms with Crippen LogP contribution in [0.25, 0.3) is 0 Å². The van der Waals surface area contributed by atoms with Crippen molar-refractivity contribution in [1.29, 1.82) is 0 Å². The van der Waals surface area contributed by atoms with E-state index in [-0.39, 0.29) is 34.1 Å². The molecule has 4 N–H and O–H groups in total. The number of hydrogen-bond donors (Lipinski definition) is 4. The molecule has 0 aromatic rings. The Hall–Kier alpha value is -2.61. The minimum Gasteiger partial charge on any atom is -0.652 e. The third kappa shape index (κ3) is 685. The largest absolute Gasteiger partial charge is 3.00 e. The first-order valence-corrected chi connectivity index (χ1v) is 3.14. The second-order valence-electron chi connectivity index (χ2n) is 1.32. The van der Waals surface area contributed by atoms with Crippen molar-refractivity contribution in [2.75, 3.05) is 0 Å². The summed E-state index contributed by atoms with van der Waals surface area (Å²) in [7, 11) is 0. The van der Waals surface area contributed by atoms with Crippen molar-refractivity contribution in [2.45, 2.75) is 0 Å². The van der Waals surface area contributed by atoms with Gasteiger partial charge in [-0.1, -0.05) is 0 Å². The van der Waals surface area contributed by atoms with Crippen molar-refractivity contribution >= 4 is 30.8 Å². The summed E-state index contributed by atoms with van der Waals surface area (Å²) in [6.45, 7) is 0. The van der Waals surface area contributed by atoms with Crippen LogP contribution in [0.5, 0.6) is 0 Å². The monoisotopic (exact) mass is 416 g/mol. The molecule has 0 saturated heterocycles. The van der Waals surface area contributed by atoms with Crippen molar-refractivity contribution in [3.63, 3.8) is 0 Å². The van der Waals surface area contributed by atoms with E-state index < -0.39 is 30.8 Å². The van der Waals surface area contributed by atoms with E-state index in [9.17, 15) is 0 Å². The number of carbonyl (C=O) groups excluding carboxylic acids is 3. The van der Waals surface area contributed by atoms with E-state index in [0.29, 0.717) is 0 Å². The minimum absolute atomic E-state index is 0. The average molecular weight is 416 g/mol. The Morgan fingerprint density at radius 1 is 0.455 bits per heavy atom. The van der Waals surface area contributed by atoms with Crippen LogP contribution < -0.4 is 30.6 Å². The van der Waals surface area contributed by atoms with Crippen LogP contribution in [0.1, 0.15) is 0 Å². The first kappa shape index (κ1) is 42.7. The minimum atomic E-state index is -2.33. The standard InChI is InChI=1S/5CH2O3.2Fe/c5*2-1(3)4;;/h5*(H2,2,3,4);;/q;;;;;2*+3/p-6. The van der Waals surface area contributed by atoms with E-state index in [1.165, 1.54) is 0 Å². The Kier molecular flexibility index (Phi) is 70.3. The van der Waals surface area contributed by atoms with Gasteiger partial charge in [0.1, 0.15) is 0 Å². The maximum absolute atomic E-state index is 8.56. The van der Waals surface area contributed by atoms with Gasteiger partial charge < -0.3 is 65.4 Å². The molecule has 0 fully saturated rings. The molecule has 130 valence electrons. The summed E-state index contributed by atoms with van der Waals surface area (Å²) in [6.07, 6.45) is -10.7. The summed E-state index contributed by atoms with van der Waals surface area (Å²) in [4.78, 5) is 42.1. The number of carbonyl (C=O) groups is 5. The summed E-state index contributed by atoms with van der Waals surface area (Å²) >= 11 is 0. The predicted octanol–water partition coefficient (Wildman–Crippen LogP) is -6.90. The Bertz CT molecular complexity index is 211. The zero-order valence-electron chi connectivity index (χ0n) is 9.49. The maximum atomic E-state index is 8.56. The Labute approximate surface area is 140 Å². The second-order valence-corrected chi connectivity index (χ2v) is 1.32. The van der Waals surface area contributed by atoms with Crippen LogP contribution >= 0.6 is 0 Å². The molecule has 22 heavy (non-hydrogen) atoms. The third-order valence-corrected chi connectivity index (χ3v) is 0. The first-order chi connectivity index (χ1) is 8.66. The summed E-state index contributed by atoms with van der Waals surface area (Å²) in [5.41, 5.74) is 0. The van der Waals surface area contributed by atoms with E-state index >= 15 is 0 Å². The molecule has 0 spiro atoms. The van der Waals surface area contributed by atoms with Crippen LogP contribution in [0.3, 0.4) is 0 Å². The van der Waals surface area contributed by atoms with Crippen LogP contribution in [0.15, 0.2) is 0 Å². The van der Waals surface area contributed by atoms with Crippen LogP contribution in [0.2, 0.25) is 0 Å². The van der Waals surface area contributed by atoms with Gasteiger partial charge in [-0.15, -0.1) is 0 Å². The number of carboxylic acid groups (broad SMARTS) is 10. The van der Waals surface area contributed by atoms with Gasteiger partial charge in [-0.05, 0) is 18.5 Å². The van der Waals surface area contributed by atoms with Gasteiger partial charge >= 0.3 is 46.4 Å². The molecule has 17 heteroatoms. The zero-order chi connectivity index (χ0) is 17.9. The van der Waals surface area contributed by atoms with Crippen LogP contribution in [-0.4, -0.2) is 51.2 Å². The molecule has 0 aliphatic rings. The fourth-order valence-corrected chi connectivity index (χ4v) is 0. The van der Waals surface area contributed by atoms with E-state index in [4.69, 9.17) is 75.0 Å². The molecule has 2 radical (unpaired) electrons. The van der Waals surface area contributed by atoms with Crippen molar-refractivity contribution in [3.8, 4) is 0 Å². The van der Waals surface area contributed by atoms with Gasteiger partial charge in [-0.25, -0.2) is 9.59 Å². The number of rotatable bonds is 0. The third-order valence-electron chi connectivity index (χ3n) is 0. The molecule has 0 aliphatic carbocycles. The van der Waals surface area contributed by atoms with Gasteiger partial charge in [0.05, 0.1) is 0 Å². The van der Waals surface area contributed by atoms with Gasteiger partial charge in [-0.2, -0.15) is 0 Å². The van der Waals surface area contributed by atoms with Gasteiger partial charge in [0.2, 0.25) is 0 Å². The summed E-state index contributed by atoms with van der Waals surface area (Å²) in [5, 5.41) is 77.9. The molecule has 0 aromatic heterocycles. The van der Waals surface area contributed by atoms with Crippen LogP contribution in [0.4, 0.5) is 24.0 Å². The number of hydrogen-bond acceptors (Lipinski definition) is 11. The Balaban J connectivity index is -0.0000000250. The SMILES string of the molecule is O=C(O)O.O=C(O)O.O=C([O-])[O-].O=C([O-])[O-].O=C([O-])[O-].[Fe+3].[Fe+3]. The van der Waals surface area contributed by atoms with Crippen molar-refractivity contribution in [3.05, 3.63) is 0 Å². The molecular weight excluding hydrogens is 412 g/mol. The van der Waals surface area contributed by atoms with Crippen LogP contribution in [-0.2, 0) is 34.1 Å². The molecule has 0 bridgehead atoms. The first-order valence-electron chi connectivity index (χ1n) is 3.14. The van der Waals surface area contributed by atoms with Gasteiger partial charge in [0.15, 0.2) is 0 Å². The molecule has 0 saturated carbocycles. The fraction of sp³-hybridized carbons (Fsp3) is 0. The maximum Gasteiger partial charge on any atom is 3.00 e. The van der Waals surface area contributed by atoms with Crippen LogP contribution in [0, 0.1) is 0 Å². The van der Waals surface area contributed by atoms with Gasteiger partial charge in [0.25, 0.3) is 0 Å². The van der Waals surface area contributed by atoms with E-state index in [1.807, 2.05) is 0 Å². The van der Waals surface area contributed by atoms with E-state index in [1.54, 1.807) is 0 Å². The Morgan fingerprint density at radius 2 is 0.455 bits per heavy atom. The normalized spacial score (nSPS) is 5.45. The molecule has 15 nitrogen and oxygen atoms in total. The van der Waals surface area contributed by atoms with Crippen molar-refractivity contribution in [2.24, 2.45) is 0 Å². The van der Waals surface area contributed by atoms with Gasteiger partial charge in [0, 0.05) is 0 Å². The summed E-state index contributed by atoms with van der Waals surface area (Å²) in [5.74, 6) is 0. The topological polar surface area (TPSA) is 305 Å². The molecule has 0 amide bonds. The van der Waals surface area contributed by atoms with Crippen molar-refractivity contribution in [1.82, 2.24) is 0 Å². The molecular formula is C5H4Fe2O15. The average Bonchev–Trinajstić information content (AvgIpc) is 1.94. The molecule has 0 rings (SSSR count). The molecule has 0 aromatic carbocycles. The molecule has 0 unspecified atom stereocenters. The molecule has 0 aliphatic heterocycles. The van der Waals surface area contributed by atoms with E-state index in [0.717, 1.165) is 0 Å². The second kappa shape index (κ2) is 36.2. The smallest absolute Gasteiger partial charge is 0.652 e. The molecule has 0 atom stereocenters. The van der Waals surface area contributed by atoms with Gasteiger partial charge in [-0.3, -0.25) is 0 Å². The fourth-order valence-electron chi connectivity index (χ4n) is 0. The van der Waals surface area contributed by atoms with E-state index in [2.05, 4.69) is 0 Å². The quantitative estimate of drug-likeness (QED) is 0.267.